The van der Waals surface area contributed by atoms with E-state index in [1.165, 1.54) is 0 Å². The second-order valence-corrected chi connectivity index (χ2v) is 5.16. The summed E-state index contributed by atoms with van der Waals surface area (Å²) in [4.78, 5) is 16.6. The third-order valence-electron chi connectivity index (χ3n) is 3.64. The molecule has 7 heteroatoms. The van der Waals surface area contributed by atoms with E-state index in [4.69, 9.17) is 4.74 Å². The molecular formula is C15H19N5O2. The molecule has 0 bridgehead atoms. The molecule has 1 fully saturated rings. The van der Waals surface area contributed by atoms with Gasteiger partial charge in [0.1, 0.15) is 6.04 Å². The van der Waals surface area contributed by atoms with E-state index in [2.05, 4.69) is 20.7 Å². The minimum absolute atomic E-state index is 0.0672. The number of hydrogen-bond acceptors (Lipinski definition) is 5. The van der Waals surface area contributed by atoms with E-state index in [9.17, 15) is 4.79 Å². The quantitative estimate of drug-likeness (QED) is 0.847. The predicted octanol–water partition coefficient (Wildman–Crippen LogP) is 0.260. The first kappa shape index (κ1) is 14.7. The Morgan fingerprint density at radius 2 is 2.41 bits per heavy atom. The molecule has 7 nitrogen and oxygen atoms in total. The topological polar surface area (TPSA) is 81.1 Å². The molecule has 0 radical (unpaired) electrons. The number of nitrogens with one attached hydrogen (secondary N) is 2. The van der Waals surface area contributed by atoms with E-state index in [0.717, 1.165) is 5.56 Å². The van der Waals surface area contributed by atoms with Crippen molar-refractivity contribution in [3.8, 4) is 5.82 Å². The van der Waals surface area contributed by atoms with E-state index in [1.54, 1.807) is 17.1 Å². The summed E-state index contributed by atoms with van der Waals surface area (Å²) in [6, 6.07) is 5.29. The van der Waals surface area contributed by atoms with Crippen LogP contribution in [0.4, 0.5) is 0 Å². The summed E-state index contributed by atoms with van der Waals surface area (Å²) in [5.41, 5.74) is 0.906. The fourth-order valence-electron chi connectivity index (χ4n) is 2.49. The van der Waals surface area contributed by atoms with Gasteiger partial charge in [0.25, 0.3) is 0 Å². The maximum absolute atomic E-state index is 12.3. The third-order valence-corrected chi connectivity index (χ3v) is 3.64. The van der Waals surface area contributed by atoms with Crippen LogP contribution in [-0.2, 0) is 16.1 Å². The average molecular weight is 301 g/mol. The first-order valence-electron chi connectivity index (χ1n) is 7.32. The van der Waals surface area contributed by atoms with Gasteiger partial charge in [-0.3, -0.25) is 4.79 Å². The van der Waals surface area contributed by atoms with E-state index < -0.39 is 0 Å². The lowest BCUT2D eigenvalue weighted by Crippen LogP contribution is -2.55. The standard InChI is InChI=1S/C15H19N5O2/c1-11-13(16-7-9-22-11)15(21)18-10-12-4-2-5-17-14(12)20-8-3-6-19-20/h2-6,8,11,13,16H,7,9-10H2,1H3,(H,18,21)/t11-,13+/m1/s1. The van der Waals surface area contributed by atoms with Crippen LogP contribution in [0.2, 0.25) is 0 Å². The number of carbonyl (C=O) groups excluding carboxylic acids is 1. The molecule has 0 saturated carbocycles. The summed E-state index contributed by atoms with van der Waals surface area (Å²) in [5.74, 6) is 0.649. The molecule has 0 aliphatic carbocycles. The monoisotopic (exact) mass is 301 g/mol. The molecule has 1 aliphatic heterocycles. The molecule has 2 atom stereocenters. The Morgan fingerprint density at radius 1 is 1.50 bits per heavy atom. The number of morpholine rings is 1. The van der Waals surface area contributed by atoms with Crippen LogP contribution in [0.15, 0.2) is 36.8 Å². The van der Waals surface area contributed by atoms with Gasteiger partial charge in [-0.25, -0.2) is 9.67 Å². The van der Waals surface area contributed by atoms with E-state index in [0.29, 0.717) is 25.5 Å². The zero-order valence-electron chi connectivity index (χ0n) is 12.4. The molecule has 2 aromatic rings. The molecule has 1 aliphatic rings. The van der Waals surface area contributed by atoms with Crippen molar-refractivity contribution in [3.63, 3.8) is 0 Å². The van der Waals surface area contributed by atoms with Gasteiger partial charge in [0.15, 0.2) is 5.82 Å². The molecule has 3 heterocycles. The Morgan fingerprint density at radius 3 is 3.18 bits per heavy atom. The number of rotatable bonds is 4. The summed E-state index contributed by atoms with van der Waals surface area (Å²) in [7, 11) is 0. The number of ether oxygens (including phenoxy) is 1. The van der Waals surface area contributed by atoms with E-state index in [-0.39, 0.29) is 18.1 Å². The van der Waals surface area contributed by atoms with Crippen molar-refractivity contribution in [1.82, 2.24) is 25.4 Å². The number of pyridine rings is 1. The van der Waals surface area contributed by atoms with Crippen LogP contribution in [0.3, 0.4) is 0 Å². The molecule has 22 heavy (non-hydrogen) atoms. The van der Waals surface area contributed by atoms with Crippen molar-refractivity contribution in [1.29, 1.82) is 0 Å². The van der Waals surface area contributed by atoms with Gasteiger partial charge in [-0.05, 0) is 19.1 Å². The van der Waals surface area contributed by atoms with Crippen molar-refractivity contribution in [3.05, 3.63) is 42.4 Å². The van der Waals surface area contributed by atoms with Gasteiger partial charge in [0.2, 0.25) is 5.91 Å². The summed E-state index contributed by atoms with van der Waals surface area (Å²) in [6.07, 6.45) is 5.10. The number of carbonyl (C=O) groups is 1. The summed E-state index contributed by atoms with van der Waals surface area (Å²) < 4.78 is 7.18. The molecular weight excluding hydrogens is 282 g/mol. The fourth-order valence-corrected chi connectivity index (χ4v) is 2.49. The van der Waals surface area contributed by atoms with Gasteiger partial charge >= 0.3 is 0 Å². The lowest BCUT2D eigenvalue weighted by Gasteiger charge is -2.29. The number of nitrogens with zero attached hydrogens (tertiary/aromatic N) is 3. The maximum atomic E-state index is 12.3. The van der Waals surface area contributed by atoms with Crippen LogP contribution < -0.4 is 10.6 Å². The van der Waals surface area contributed by atoms with Gasteiger partial charge in [-0.1, -0.05) is 6.07 Å². The number of amides is 1. The van der Waals surface area contributed by atoms with Crippen molar-refractivity contribution in [2.75, 3.05) is 13.2 Å². The van der Waals surface area contributed by atoms with Crippen molar-refractivity contribution in [2.24, 2.45) is 0 Å². The smallest absolute Gasteiger partial charge is 0.240 e. The van der Waals surface area contributed by atoms with Gasteiger partial charge in [-0.2, -0.15) is 5.10 Å². The van der Waals surface area contributed by atoms with Crippen LogP contribution >= 0.6 is 0 Å². The van der Waals surface area contributed by atoms with Gasteiger partial charge in [-0.15, -0.1) is 0 Å². The SMILES string of the molecule is C[C@H]1OCCN[C@@H]1C(=O)NCc1cccnc1-n1cccn1. The first-order valence-corrected chi connectivity index (χ1v) is 7.32. The van der Waals surface area contributed by atoms with E-state index >= 15 is 0 Å². The number of aromatic nitrogens is 3. The second kappa shape index (κ2) is 6.67. The average Bonchev–Trinajstić information content (AvgIpc) is 3.07. The number of hydrogen-bond donors (Lipinski definition) is 2. The highest BCUT2D eigenvalue weighted by atomic mass is 16.5. The normalized spacial score (nSPS) is 21.5. The highest BCUT2D eigenvalue weighted by Crippen LogP contribution is 2.10. The minimum Gasteiger partial charge on any atom is -0.375 e. The lowest BCUT2D eigenvalue weighted by atomic mass is 10.1. The molecule has 0 spiro atoms. The molecule has 2 N–H and O–H groups in total. The van der Waals surface area contributed by atoms with Crippen LogP contribution in [0.5, 0.6) is 0 Å². The van der Waals surface area contributed by atoms with Crippen molar-refractivity contribution >= 4 is 5.91 Å². The lowest BCUT2D eigenvalue weighted by molar-refractivity contribution is -0.129. The van der Waals surface area contributed by atoms with Crippen LogP contribution in [-0.4, -0.2) is 46.0 Å². The molecule has 2 aromatic heterocycles. The Hall–Kier alpha value is -2.25. The molecule has 1 saturated heterocycles. The summed E-state index contributed by atoms with van der Waals surface area (Å²) >= 11 is 0. The first-order chi connectivity index (χ1) is 10.8. The predicted molar refractivity (Wildman–Crippen MR) is 80.4 cm³/mol. The van der Waals surface area contributed by atoms with Crippen LogP contribution in [0.25, 0.3) is 5.82 Å². The highest BCUT2D eigenvalue weighted by Gasteiger charge is 2.28. The second-order valence-electron chi connectivity index (χ2n) is 5.16. The zero-order chi connectivity index (χ0) is 15.4. The van der Waals surface area contributed by atoms with Gasteiger partial charge in [0.05, 0.1) is 12.7 Å². The Kier molecular flexibility index (Phi) is 4.45. The molecule has 0 aromatic carbocycles. The van der Waals surface area contributed by atoms with Crippen molar-refractivity contribution < 1.29 is 9.53 Å². The Bertz CT molecular complexity index is 629. The zero-order valence-corrected chi connectivity index (χ0v) is 12.4. The van der Waals surface area contributed by atoms with Crippen molar-refractivity contribution in [2.45, 2.75) is 25.6 Å². The summed E-state index contributed by atoms with van der Waals surface area (Å²) in [5, 5.41) is 10.3. The molecule has 3 rings (SSSR count). The fraction of sp³-hybridized carbons (Fsp3) is 0.400. The van der Waals surface area contributed by atoms with E-state index in [1.807, 2.05) is 31.3 Å². The third kappa shape index (κ3) is 3.15. The highest BCUT2D eigenvalue weighted by molar-refractivity contribution is 5.82. The summed E-state index contributed by atoms with van der Waals surface area (Å²) in [6.45, 7) is 3.62. The molecule has 1 amide bonds. The molecule has 116 valence electrons. The minimum atomic E-state index is -0.321. The molecule has 0 unspecified atom stereocenters. The van der Waals surface area contributed by atoms with Crippen LogP contribution in [0, 0.1) is 0 Å². The van der Waals surface area contributed by atoms with Crippen LogP contribution in [0.1, 0.15) is 12.5 Å². The van der Waals surface area contributed by atoms with Gasteiger partial charge in [0, 0.05) is 37.2 Å². The largest absolute Gasteiger partial charge is 0.375 e. The maximum Gasteiger partial charge on any atom is 0.240 e. The van der Waals surface area contributed by atoms with Gasteiger partial charge < -0.3 is 15.4 Å². The Balaban J connectivity index is 1.68. The Labute approximate surface area is 128 Å².